The van der Waals surface area contributed by atoms with E-state index in [1.54, 1.807) is 6.26 Å². The number of hydrogen-bond donors (Lipinski definition) is 1. The molecule has 1 saturated heterocycles. The molecule has 31 heavy (non-hydrogen) atoms. The van der Waals surface area contributed by atoms with Gasteiger partial charge in [0.25, 0.3) is 0 Å². The normalized spacial score (nSPS) is 17.9. The maximum atomic E-state index is 11.5. The summed E-state index contributed by atoms with van der Waals surface area (Å²) in [6.07, 6.45) is 8.99. The monoisotopic (exact) mass is 432 g/mol. The van der Waals surface area contributed by atoms with E-state index in [0.717, 1.165) is 53.8 Å². The van der Waals surface area contributed by atoms with E-state index >= 15 is 0 Å². The molecule has 1 unspecified atom stereocenters. The lowest BCUT2D eigenvalue weighted by atomic mass is 9.92. The average Bonchev–Trinajstić information content (AvgIpc) is 3.06. The molecule has 1 N–H and O–H groups in total. The fraction of sp³-hybridized carbons (Fsp3) is 0.400. The summed E-state index contributed by atoms with van der Waals surface area (Å²) in [6, 6.07) is 17.5. The van der Waals surface area contributed by atoms with Crippen LogP contribution in [0.2, 0.25) is 0 Å². The molecule has 1 atom stereocenters. The van der Waals surface area contributed by atoms with Crippen LogP contribution in [0.3, 0.4) is 0 Å². The Kier molecular flexibility index (Phi) is 5.45. The van der Waals surface area contributed by atoms with Crippen molar-refractivity contribution in [3.63, 3.8) is 0 Å². The lowest BCUT2D eigenvalue weighted by Gasteiger charge is -2.31. The van der Waals surface area contributed by atoms with Gasteiger partial charge in [0, 0.05) is 42.1 Å². The summed E-state index contributed by atoms with van der Waals surface area (Å²) in [5.41, 5.74) is 6.07. The largest absolute Gasteiger partial charge is 0.371 e. The standard InChI is InChI=1S/C25H28N4OS/c1-31(30)27-19-10-8-18(9-11-19)25-23(17-26)22-13-12-21(28-14-3-2-4-15-28)16-24(22)29(25)20-6-5-7-20/h8-13,16,20,27H,2-7,14-15H2,1H3. The molecule has 2 aromatic carbocycles. The Morgan fingerprint density at radius 2 is 1.77 bits per heavy atom. The Labute approximate surface area is 186 Å². The molecule has 2 fully saturated rings. The van der Waals surface area contributed by atoms with Crippen LogP contribution in [0.4, 0.5) is 11.4 Å². The van der Waals surface area contributed by atoms with Crippen LogP contribution in [-0.4, -0.2) is 28.1 Å². The van der Waals surface area contributed by atoms with Crippen LogP contribution >= 0.6 is 0 Å². The van der Waals surface area contributed by atoms with Crippen LogP contribution in [0.1, 0.15) is 50.1 Å². The third-order valence-electron chi connectivity index (χ3n) is 6.68. The molecule has 1 aliphatic heterocycles. The van der Waals surface area contributed by atoms with Crippen molar-refractivity contribution in [3.8, 4) is 17.3 Å². The van der Waals surface area contributed by atoms with Gasteiger partial charge < -0.3 is 14.2 Å². The molecule has 1 aliphatic carbocycles. The summed E-state index contributed by atoms with van der Waals surface area (Å²) in [5.74, 6) is 0. The van der Waals surface area contributed by atoms with Crippen LogP contribution in [-0.2, 0) is 11.0 Å². The summed E-state index contributed by atoms with van der Waals surface area (Å²) >= 11 is 0. The van der Waals surface area contributed by atoms with Gasteiger partial charge in [-0.2, -0.15) is 5.26 Å². The summed E-state index contributed by atoms with van der Waals surface area (Å²) in [7, 11) is -1.11. The van der Waals surface area contributed by atoms with E-state index in [-0.39, 0.29) is 0 Å². The molecular formula is C25H28N4OS. The molecule has 0 bridgehead atoms. The van der Waals surface area contributed by atoms with Gasteiger partial charge in [-0.1, -0.05) is 12.1 Å². The Balaban J connectivity index is 1.66. The van der Waals surface area contributed by atoms with Crippen LogP contribution in [0.25, 0.3) is 22.2 Å². The van der Waals surface area contributed by atoms with Crippen molar-refractivity contribution in [3.05, 3.63) is 48.0 Å². The summed E-state index contributed by atoms with van der Waals surface area (Å²) in [6.45, 7) is 2.22. The highest BCUT2D eigenvalue weighted by Crippen LogP contribution is 2.43. The Hall–Kier alpha value is -2.78. The number of aromatic nitrogens is 1. The molecule has 5 nitrogen and oxygen atoms in total. The van der Waals surface area contributed by atoms with Crippen molar-refractivity contribution < 1.29 is 4.21 Å². The second kappa shape index (κ2) is 8.39. The van der Waals surface area contributed by atoms with Gasteiger partial charge in [0.1, 0.15) is 17.1 Å². The van der Waals surface area contributed by atoms with Crippen LogP contribution < -0.4 is 9.62 Å². The molecule has 3 aromatic rings. The van der Waals surface area contributed by atoms with Crippen molar-refractivity contribution in [2.45, 2.75) is 44.6 Å². The predicted molar refractivity (Wildman–Crippen MR) is 129 cm³/mol. The van der Waals surface area contributed by atoms with Crippen LogP contribution in [0, 0.1) is 11.3 Å². The number of fused-ring (bicyclic) bond motifs is 1. The van der Waals surface area contributed by atoms with E-state index in [1.807, 2.05) is 24.3 Å². The maximum Gasteiger partial charge on any atom is 0.113 e. The number of nitrogens with zero attached hydrogens (tertiary/aromatic N) is 3. The third-order valence-corrected chi connectivity index (χ3v) is 7.20. The molecule has 160 valence electrons. The number of hydrogen-bond acceptors (Lipinski definition) is 3. The fourth-order valence-corrected chi connectivity index (χ4v) is 5.40. The number of piperidine rings is 1. The highest BCUT2D eigenvalue weighted by Gasteiger charge is 2.28. The minimum absolute atomic E-state index is 0.442. The Bertz CT molecular complexity index is 1160. The summed E-state index contributed by atoms with van der Waals surface area (Å²) in [5, 5.41) is 11.2. The maximum absolute atomic E-state index is 11.5. The van der Waals surface area contributed by atoms with Gasteiger partial charge in [-0.15, -0.1) is 0 Å². The van der Waals surface area contributed by atoms with Gasteiger partial charge in [-0.05, 0) is 74.4 Å². The second-order valence-electron chi connectivity index (χ2n) is 8.67. The minimum atomic E-state index is -1.11. The van der Waals surface area contributed by atoms with Gasteiger partial charge in [-0.25, -0.2) is 4.21 Å². The Morgan fingerprint density at radius 3 is 2.39 bits per heavy atom. The highest BCUT2D eigenvalue weighted by molar-refractivity contribution is 7.85. The predicted octanol–water partition coefficient (Wildman–Crippen LogP) is 5.60. The number of anilines is 2. The first-order valence-corrected chi connectivity index (χ1v) is 12.7. The molecule has 0 spiro atoms. The summed E-state index contributed by atoms with van der Waals surface area (Å²) in [4.78, 5) is 2.48. The fourth-order valence-electron chi connectivity index (χ4n) is 4.93. The second-order valence-corrected chi connectivity index (χ2v) is 9.79. The first-order valence-electron chi connectivity index (χ1n) is 11.2. The van der Waals surface area contributed by atoms with E-state index in [0.29, 0.717) is 6.04 Å². The van der Waals surface area contributed by atoms with Gasteiger partial charge in [-0.3, -0.25) is 0 Å². The SMILES string of the molecule is CS(=O)Nc1ccc(-c2c(C#N)c3ccc(N4CCCCC4)cc3n2C2CCC2)cc1. The summed E-state index contributed by atoms with van der Waals surface area (Å²) < 4.78 is 16.8. The topological polar surface area (TPSA) is 61.1 Å². The Morgan fingerprint density at radius 1 is 1.03 bits per heavy atom. The number of nitriles is 1. The lowest BCUT2D eigenvalue weighted by Crippen LogP contribution is -2.29. The molecule has 1 aromatic heterocycles. The molecule has 6 heteroatoms. The molecule has 0 radical (unpaired) electrons. The van der Waals surface area contributed by atoms with Gasteiger partial charge >= 0.3 is 0 Å². The lowest BCUT2D eigenvalue weighted by molar-refractivity contribution is 0.324. The van der Waals surface area contributed by atoms with Crippen molar-refractivity contribution >= 4 is 33.3 Å². The van der Waals surface area contributed by atoms with E-state index in [9.17, 15) is 9.47 Å². The van der Waals surface area contributed by atoms with E-state index in [2.05, 4.69) is 38.5 Å². The van der Waals surface area contributed by atoms with Crippen molar-refractivity contribution in [1.29, 1.82) is 5.26 Å². The highest BCUT2D eigenvalue weighted by atomic mass is 32.2. The number of rotatable bonds is 5. The molecular weight excluding hydrogens is 404 g/mol. The van der Waals surface area contributed by atoms with Gasteiger partial charge in [0.15, 0.2) is 0 Å². The van der Waals surface area contributed by atoms with E-state index in [1.165, 1.54) is 36.9 Å². The van der Waals surface area contributed by atoms with Gasteiger partial charge in [0.2, 0.25) is 0 Å². The van der Waals surface area contributed by atoms with Crippen molar-refractivity contribution in [2.24, 2.45) is 0 Å². The smallest absolute Gasteiger partial charge is 0.113 e. The first-order chi connectivity index (χ1) is 15.2. The van der Waals surface area contributed by atoms with E-state index in [4.69, 9.17) is 0 Å². The molecule has 0 amide bonds. The molecule has 1 saturated carbocycles. The quantitative estimate of drug-likeness (QED) is 0.571. The zero-order chi connectivity index (χ0) is 21.4. The zero-order valence-electron chi connectivity index (χ0n) is 17.9. The molecule has 5 rings (SSSR count). The third kappa shape index (κ3) is 3.72. The van der Waals surface area contributed by atoms with Crippen LogP contribution in [0.15, 0.2) is 42.5 Å². The van der Waals surface area contributed by atoms with Crippen LogP contribution in [0.5, 0.6) is 0 Å². The number of benzene rings is 2. The van der Waals surface area contributed by atoms with Crippen molar-refractivity contribution in [2.75, 3.05) is 29.0 Å². The molecule has 2 heterocycles. The van der Waals surface area contributed by atoms with E-state index < -0.39 is 11.0 Å². The zero-order valence-corrected chi connectivity index (χ0v) is 18.8. The van der Waals surface area contributed by atoms with Gasteiger partial charge in [0.05, 0.1) is 16.8 Å². The van der Waals surface area contributed by atoms with Crippen molar-refractivity contribution in [1.82, 2.24) is 4.57 Å². The first kappa shape index (κ1) is 20.1. The molecule has 2 aliphatic rings. The minimum Gasteiger partial charge on any atom is -0.371 e. The number of nitrogens with one attached hydrogen (secondary N) is 1. The average molecular weight is 433 g/mol.